The fourth-order valence-corrected chi connectivity index (χ4v) is 2.52. The van der Waals surface area contributed by atoms with Gasteiger partial charge in [0.05, 0.1) is 6.07 Å². The fraction of sp³-hybridized carbons (Fsp3) is 0.588. The summed E-state index contributed by atoms with van der Waals surface area (Å²) in [5.41, 5.74) is 2.16. The molecule has 0 aliphatic carbocycles. The van der Waals surface area contributed by atoms with E-state index in [1.165, 1.54) is 11.3 Å². The highest BCUT2D eigenvalue weighted by Crippen LogP contribution is 2.19. The maximum Gasteiger partial charge on any atom is 0.106 e. The van der Waals surface area contributed by atoms with Crippen molar-refractivity contribution in [2.75, 3.05) is 25.0 Å². The van der Waals surface area contributed by atoms with E-state index >= 15 is 0 Å². The molecule has 3 nitrogen and oxygen atoms in total. The van der Waals surface area contributed by atoms with Crippen LogP contribution in [0.15, 0.2) is 24.3 Å². The largest absolute Gasteiger partial charge is 0.375 e. The summed E-state index contributed by atoms with van der Waals surface area (Å²) in [6.45, 7) is 8.06. The number of hydrogen-bond acceptors (Lipinski definition) is 3. The molecule has 1 rings (SSSR count). The van der Waals surface area contributed by atoms with Crippen LogP contribution in [0.3, 0.4) is 0 Å². The average molecular weight is 273 g/mol. The summed E-state index contributed by atoms with van der Waals surface area (Å²) < 4.78 is 0. The van der Waals surface area contributed by atoms with Crippen molar-refractivity contribution in [3.8, 4) is 6.07 Å². The van der Waals surface area contributed by atoms with Crippen molar-refractivity contribution >= 4 is 5.69 Å². The van der Waals surface area contributed by atoms with Gasteiger partial charge in [-0.2, -0.15) is 5.26 Å². The molecule has 0 amide bonds. The zero-order chi connectivity index (χ0) is 15.0. The van der Waals surface area contributed by atoms with Gasteiger partial charge in [-0.05, 0) is 50.4 Å². The second-order valence-electron chi connectivity index (χ2n) is 5.44. The van der Waals surface area contributed by atoms with Crippen molar-refractivity contribution in [2.45, 2.75) is 45.6 Å². The van der Waals surface area contributed by atoms with Gasteiger partial charge in [0.25, 0.3) is 0 Å². The summed E-state index contributed by atoms with van der Waals surface area (Å²) in [6.07, 6.45) is 2.76. The Bertz CT molecular complexity index is 450. The predicted molar refractivity (Wildman–Crippen MR) is 86.0 cm³/mol. The van der Waals surface area contributed by atoms with Gasteiger partial charge in [-0.15, -0.1) is 0 Å². The molecular weight excluding hydrogens is 246 g/mol. The van der Waals surface area contributed by atoms with E-state index in [1.807, 2.05) is 0 Å². The van der Waals surface area contributed by atoms with Crippen molar-refractivity contribution < 1.29 is 0 Å². The third kappa shape index (κ3) is 4.54. The second kappa shape index (κ2) is 7.91. The predicted octanol–water partition coefficient (Wildman–Crippen LogP) is 3.49. The third-order valence-electron chi connectivity index (χ3n) is 3.87. The van der Waals surface area contributed by atoms with E-state index < -0.39 is 0 Å². The summed E-state index contributed by atoms with van der Waals surface area (Å²) in [5, 5.41) is 12.7. The number of nitrogens with zero attached hydrogens (tertiary/aromatic N) is 2. The lowest BCUT2D eigenvalue weighted by atomic mass is 9.92. The highest BCUT2D eigenvalue weighted by atomic mass is 15.1. The van der Waals surface area contributed by atoms with E-state index in [2.05, 4.69) is 68.4 Å². The van der Waals surface area contributed by atoms with E-state index in [4.69, 9.17) is 0 Å². The lowest BCUT2D eigenvalue weighted by Crippen LogP contribution is -2.43. The molecule has 20 heavy (non-hydrogen) atoms. The second-order valence-corrected chi connectivity index (χ2v) is 5.44. The van der Waals surface area contributed by atoms with Crippen LogP contribution >= 0.6 is 0 Å². The van der Waals surface area contributed by atoms with E-state index in [1.54, 1.807) is 0 Å². The maximum absolute atomic E-state index is 9.40. The smallest absolute Gasteiger partial charge is 0.106 e. The highest BCUT2D eigenvalue weighted by Gasteiger charge is 2.25. The van der Waals surface area contributed by atoms with Crippen molar-refractivity contribution in [2.24, 2.45) is 0 Å². The monoisotopic (exact) mass is 273 g/mol. The molecule has 1 aromatic rings. The zero-order valence-corrected chi connectivity index (χ0v) is 13.2. The molecule has 1 aromatic carbocycles. The van der Waals surface area contributed by atoms with E-state index in [0.717, 1.165) is 32.4 Å². The Labute approximate surface area is 123 Å². The summed E-state index contributed by atoms with van der Waals surface area (Å²) in [5.74, 6) is 0. The van der Waals surface area contributed by atoms with Gasteiger partial charge in [-0.25, -0.2) is 0 Å². The third-order valence-corrected chi connectivity index (χ3v) is 3.87. The molecule has 0 heterocycles. The number of aryl methyl sites for hydroxylation is 1. The summed E-state index contributed by atoms with van der Waals surface area (Å²) in [4.78, 5) is 2.26. The molecule has 0 fully saturated rings. The Morgan fingerprint density at radius 3 is 2.65 bits per heavy atom. The van der Waals surface area contributed by atoms with Crippen molar-refractivity contribution in [3.63, 3.8) is 0 Å². The zero-order valence-electron chi connectivity index (χ0n) is 13.2. The highest BCUT2D eigenvalue weighted by molar-refractivity contribution is 5.47. The number of anilines is 1. The first-order valence-corrected chi connectivity index (χ1v) is 7.51. The first-order chi connectivity index (χ1) is 9.56. The minimum absolute atomic E-state index is 0.359. The van der Waals surface area contributed by atoms with Crippen molar-refractivity contribution in [3.05, 3.63) is 29.8 Å². The molecule has 1 N–H and O–H groups in total. The first kappa shape index (κ1) is 16.5. The minimum atomic E-state index is -0.359. The number of rotatable bonds is 8. The maximum atomic E-state index is 9.40. The van der Waals surface area contributed by atoms with Crippen molar-refractivity contribution in [1.29, 1.82) is 5.26 Å². The van der Waals surface area contributed by atoms with Gasteiger partial charge >= 0.3 is 0 Å². The number of hydrogen-bond donors (Lipinski definition) is 1. The van der Waals surface area contributed by atoms with Gasteiger partial charge in [0.15, 0.2) is 0 Å². The van der Waals surface area contributed by atoms with Crippen LogP contribution in [0.2, 0.25) is 0 Å². The fourth-order valence-electron chi connectivity index (χ4n) is 2.52. The summed E-state index contributed by atoms with van der Waals surface area (Å²) in [7, 11) is 2.11. The topological polar surface area (TPSA) is 39.1 Å². The SMILES string of the molecule is CCNC(C#N)(CC)CCCN(C)c1cccc(C)c1. The van der Waals surface area contributed by atoms with E-state index in [9.17, 15) is 5.26 Å². The molecule has 0 aromatic heterocycles. The lowest BCUT2D eigenvalue weighted by molar-refractivity contribution is 0.373. The standard InChI is InChI=1S/C17H27N3/c1-5-17(14-18,19-6-2)11-8-12-20(4)16-10-7-9-15(3)13-16/h7,9-10,13,19H,5-6,8,11-12H2,1-4H3. The van der Waals surface area contributed by atoms with Gasteiger partial charge in [0.1, 0.15) is 5.54 Å². The van der Waals surface area contributed by atoms with Crippen LogP contribution in [0.5, 0.6) is 0 Å². The van der Waals surface area contributed by atoms with Gasteiger partial charge in [-0.3, -0.25) is 5.32 Å². The molecule has 0 radical (unpaired) electrons. The molecule has 1 unspecified atom stereocenters. The Balaban J connectivity index is 2.53. The first-order valence-electron chi connectivity index (χ1n) is 7.51. The van der Waals surface area contributed by atoms with Crippen LogP contribution in [0, 0.1) is 18.3 Å². The van der Waals surface area contributed by atoms with E-state index in [-0.39, 0.29) is 5.54 Å². The molecule has 0 saturated heterocycles. The van der Waals surface area contributed by atoms with Gasteiger partial charge in [0, 0.05) is 19.3 Å². The van der Waals surface area contributed by atoms with Crippen LogP contribution in [0.1, 0.15) is 38.7 Å². The summed E-state index contributed by atoms with van der Waals surface area (Å²) in [6, 6.07) is 11.0. The quantitative estimate of drug-likeness (QED) is 0.788. The minimum Gasteiger partial charge on any atom is -0.375 e. The lowest BCUT2D eigenvalue weighted by Gasteiger charge is -2.27. The number of nitriles is 1. The molecule has 0 aliphatic rings. The normalized spacial score (nSPS) is 13.6. The van der Waals surface area contributed by atoms with Crippen LogP contribution in [-0.4, -0.2) is 25.7 Å². The Kier molecular flexibility index (Phi) is 6.54. The van der Waals surface area contributed by atoms with Gasteiger partial charge < -0.3 is 4.90 Å². The van der Waals surface area contributed by atoms with Crippen LogP contribution in [-0.2, 0) is 0 Å². The number of benzene rings is 1. The summed E-state index contributed by atoms with van der Waals surface area (Å²) >= 11 is 0. The Morgan fingerprint density at radius 2 is 2.10 bits per heavy atom. The van der Waals surface area contributed by atoms with Gasteiger partial charge in [0.2, 0.25) is 0 Å². The Hall–Kier alpha value is -1.53. The Morgan fingerprint density at radius 1 is 1.35 bits per heavy atom. The number of nitrogens with one attached hydrogen (secondary N) is 1. The molecule has 0 spiro atoms. The van der Waals surface area contributed by atoms with Crippen LogP contribution in [0.4, 0.5) is 5.69 Å². The van der Waals surface area contributed by atoms with Crippen LogP contribution in [0.25, 0.3) is 0 Å². The van der Waals surface area contributed by atoms with Crippen LogP contribution < -0.4 is 10.2 Å². The average Bonchev–Trinajstić information content (AvgIpc) is 2.46. The molecular formula is C17H27N3. The molecule has 1 atom stereocenters. The molecule has 3 heteroatoms. The van der Waals surface area contributed by atoms with Crippen molar-refractivity contribution in [1.82, 2.24) is 5.32 Å². The van der Waals surface area contributed by atoms with E-state index in [0.29, 0.717) is 0 Å². The molecule has 110 valence electrons. The molecule has 0 saturated carbocycles. The molecule has 0 aliphatic heterocycles. The van der Waals surface area contributed by atoms with Gasteiger partial charge in [-0.1, -0.05) is 26.0 Å². The molecule has 0 bridgehead atoms.